The summed E-state index contributed by atoms with van der Waals surface area (Å²) in [6.07, 6.45) is 2.43. The van der Waals surface area contributed by atoms with E-state index < -0.39 is 0 Å². The molecular weight excluding hydrogens is 314 g/mol. The van der Waals surface area contributed by atoms with Crippen molar-refractivity contribution in [1.82, 2.24) is 16.0 Å². The van der Waals surface area contributed by atoms with Gasteiger partial charge in [-0.2, -0.15) is 0 Å². The summed E-state index contributed by atoms with van der Waals surface area (Å²) in [6.45, 7) is 8.35. The van der Waals surface area contributed by atoms with Gasteiger partial charge >= 0.3 is 0 Å². The van der Waals surface area contributed by atoms with E-state index in [0.29, 0.717) is 13.0 Å². The lowest BCUT2D eigenvalue weighted by atomic mass is 10.2. The summed E-state index contributed by atoms with van der Waals surface area (Å²) in [4.78, 5) is 18.1. The van der Waals surface area contributed by atoms with Crippen molar-refractivity contribution in [1.29, 1.82) is 0 Å². The van der Waals surface area contributed by atoms with Gasteiger partial charge < -0.3 is 20.9 Å². The fraction of sp³-hybridized carbons (Fsp3) is 0.579. The summed E-state index contributed by atoms with van der Waals surface area (Å²) < 4.78 is 0. The Hall–Kier alpha value is -2.24. The van der Waals surface area contributed by atoms with Gasteiger partial charge in [-0.15, -0.1) is 0 Å². The molecule has 0 aliphatic heterocycles. The van der Waals surface area contributed by atoms with E-state index >= 15 is 0 Å². The first-order valence-corrected chi connectivity index (χ1v) is 9.22. The topological polar surface area (TPSA) is 68.8 Å². The maximum atomic E-state index is 11.6. The van der Waals surface area contributed by atoms with Gasteiger partial charge in [-0.25, -0.2) is 0 Å². The van der Waals surface area contributed by atoms with E-state index in [1.54, 1.807) is 7.05 Å². The summed E-state index contributed by atoms with van der Waals surface area (Å²) >= 11 is 0. The molecule has 0 aliphatic rings. The average molecular weight is 348 g/mol. The highest BCUT2D eigenvalue weighted by molar-refractivity contribution is 5.81. The van der Waals surface area contributed by atoms with Crippen LogP contribution in [0, 0.1) is 0 Å². The highest BCUT2D eigenvalue weighted by atomic mass is 16.1. The minimum Gasteiger partial charge on any atom is -0.372 e. The molecule has 0 radical (unpaired) electrons. The van der Waals surface area contributed by atoms with Gasteiger partial charge in [0.15, 0.2) is 5.96 Å². The van der Waals surface area contributed by atoms with Crippen LogP contribution in [0.2, 0.25) is 0 Å². The van der Waals surface area contributed by atoms with Crippen molar-refractivity contribution in [3.05, 3.63) is 30.3 Å². The van der Waals surface area contributed by atoms with Crippen LogP contribution in [0.4, 0.5) is 5.69 Å². The molecule has 0 bridgehead atoms. The number of benzene rings is 1. The Morgan fingerprint density at radius 2 is 1.76 bits per heavy atom. The van der Waals surface area contributed by atoms with Crippen LogP contribution in [0.25, 0.3) is 0 Å². The zero-order chi connectivity index (χ0) is 18.3. The van der Waals surface area contributed by atoms with Crippen molar-refractivity contribution in [2.75, 3.05) is 44.7 Å². The van der Waals surface area contributed by atoms with Gasteiger partial charge in [0.1, 0.15) is 0 Å². The van der Waals surface area contributed by atoms with Gasteiger partial charge in [-0.05, 0) is 31.9 Å². The number of aliphatic imine (C=N–C) groups is 1. The highest BCUT2D eigenvalue weighted by Crippen LogP contribution is 2.12. The Labute approximate surface area is 152 Å². The summed E-state index contributed by atoms with van der Waals surface area (Å²) in [5.74, 6) is 0.817. The van der Waals surface area contributed by atoms with Crippen molar-refractivity contribution in [3.63, 3.8) is 0 Å². The van der Waals surface area contributed by atoms with Crippen LogP contribution in [0.3, 0.4) is 0 Å². The number of carbonyl (C=O) groups excluding carboxylic acids is 1. The standard InChI is InChI=1S/C19H33N5O/c1-4-13-21-18(25)12-15-23-19(20-3)22-14-9-16-24(5-2)17-10-7-6-8-11-17/h6-8,10-11H,4-5,9,12-16H2,1-3H3,(H,21,25)(H2,20,22,23). The summed E-state index contributed by atoms with van der Waals surface area (Å²) in [5.41, 5.74) is 1.26. The molecule has 0 saturated carbocycles. The van der Waals surface area contributed by atoms with Crippen molar-refractivity contribution in [3.8, 4) is 0 Å². The zero-order valence-electron chi connectivity index (χ0n) is 15.8. The number of rotatable bonds is 11. The number of amides is 1. The lowest BCUT2D eigenvalue weighted by Gasteiger charge is -2.23. The zero-order valence-corrected chi connectivity index (χ0v) is 15.8. The van der Waals surface area contributed by atoms with Crippen molar-refractivity contribution in [2.24, 2.45) is 4.99 Å². The van der Waals surface area contributed by atoms with Crippen LogP contribution >= 0.6 is 0 Å². The summed E-state index contributed by atoms with van der Waals surface area (Å²) in [5, 5.41) is 9.34. The Morgan fingerprint density at radius 1 is 1.04 bits per heavy atom. The molecule has 25 heavy (non-hydrogen) atoms. The molecule has 6 nitrogen and oxygen atoms in total. The number of hydrogen-bond donors (Lipinski definition) is 3. The molecule has 0 unspecified atom stereocenters. The molecule has 1 aromatic rings. The second-order valence-corrected chi connectivity index (χ2v) is 5.79. The third-order valence-corrected chi connectivity index (χ3v) is 3.84. The minimum absolute atomic E-state index is 0.0752. The first-order chi connectivity index (χ1) is 12.2. The second-order valence-electron chi connectivity index (χ2n) is 5.79. The van der Waals surface area contributed by atoms with Gasteiger partial charge in [-0.3, -0.25) is 9.79 Å². The molecule has 1 rings (SSSR count). The third-order valence-electron chi connectivity index (χ3n) is 3.84. The SMILES string of the molecule is CCCNC(=O)CCNC(=NC)NCCCN(CC)c1ccccc1. The van der Waals surface area contributed by atoms with Gasteiger partial charge in [0.2, 0.25) is 5.91 Å². The van der Waals surface area contributed by atoms with E-state index in [9.17, 15) is 4.79 Å². The summed E-state index contributed by atoms with van der Waals surface area (Å²) in [7, 11) is 1.74. The second kappa shape index (κ2) is 13.1. The van der Waals surface area contributed by atoms with Crippen LogP contribution in [0.1, 0.15) is 33.1 Å². The predicted octanol–water partition coefficient (Wildman–Crippen LogP) is 1.98. The van der Waals surface area contributed by atoms with Gasteiger partial charge in [-0.1, -0.05) is 25.1 Å². The summed E-state index contributed by atoms with van der Waals surface area (Å²) in [6, 6.07) is 10.5. The van der Waals surface area contributed by atoms with Crippen molar-refractivity contribution in [2.45, 2.75) is 33.1 Å². The van der Waals surface area contributed by atoms with Crippen LogP contribution in [0.5, 0.6) is 0 Å². The van der Waals surface area contributed by atoms with Gasteiger partial charge in [0.25, 0.3) is 0 Å². The van der Waals surface area contributed by atoms with Crippen LogP contribution in [-0.4, -0.2) is 51.6 Å². The fourth-order valence-corrected chi connectivity index (χ4v) is 2.45. The number of anilines is 1. The maximum absolute atomic E-state index is 11.6. The molecule has 0 heterocycles. The number of nitrogens with one attached hydrogen (secondary N) is 3. The highest BCUT2D eigenvalue weighted by Gasteiger charge is 2.04. The van der Waals surface area contributed by atoms with Crippen LogP contribution in [-0.2, 0) is 4.79 Å². The van der Waals surface area contributed by atoms with Crippen molar-refractivity contribution >= 4 is 17.6 Å². The Morgan fingerprint density at radius 3 is 2.40 bits per heavy atom. The first-order valence-electron chi connectivity index (χ1n) is 9.22. The Balaban J connectivity index is 2.21. The van der Waals surface area contributed by atoms with Gasteiger partial charge in [0.05, 0.1) is 0 Å². The molecule has 0 spiro atoms. The predicted molar refractivity (Wildman–Crippen MR) is 106 cm³/mol. The van der Waals surface area contributed by atoms with Gasteiger partial charge in [0, 0.05) is 51.9 Å². The van der Waals surface area contributed by atoms with E-state index in [1.165, 1.54) is 5.69 Å². The quantitative estimate of drug-likeness (QED) is 0.325. The molecule has 1 aromatic carbocycles. The third kappa shape index (κ3) is 8.98. The first kappa shape index (κ1) is 20.8. The number of nitrogens with zero attached hydrogens (tertiary/aromatic N) is 2. The largest absolute Gasteiger partial charge is 0.372 e. The Kier molecular flexibility index (Phi) is 10.9. The number of carbonyl (C=O) groups is 1. The van der Waals surface area contributed by atoms with E-state index in [2.05, 4.69) is 57.0 Å². The Bertz CT molecular complexity index is 504. The number of para-hydroxylation sites is 1. The molecule has 1 amide bonds. The molecule has 0 aliphatic carbocycles. The molecule has 0 saturated heterocycles. The molecular formula is C19H33N5O. The van der Waals surface area contributed by atoms with E-state index in [1.807, 2.05) is 13.0 Å². The molecule has 0 aromatic heterocycles. The molecule has 0 fully saturated rings. The molecule has 0 atom stereocenters. The normalized spacial score (nSPS) is 11.1. The lowest BCUT2D eigenvalue weighted by molar-refractivity contribution is -0.120. The van der Waals surface area contributed by atoms with E-state index in [0.717, 1.165) is 45.0 Å². The lowest BCUT2D eigenvalue weighted by Crippen LogP contribution is -2.40. The monoisotopic (exact) mass is 347 g/mol. The minimum atomic E-state index is 0.0752. The van der Waals surface area contributed by atoms with Crippen LogP contribution < -0.4 is 20.9 Å². The van der Waals surface area contributed by atoms with E-state index in [-0.39, 0.29) is 5.91 Å². The smallest absolute Gasteiger partial charge is 0.221 e. The molecule has 3 N–H and O–H groups in total. The number of guanidine groups is 1. The van der Waals surface area contributed by atoms with E-state index in [4.69, 9.17) is 0 Å². The number of hydrogen-bond acceptors (Lipinski definition) is 3. The maximum Gasteiger partial charge on any atom is 0.221 e. The van der Waals surface area contributed by atoms with Crippen molar-refractivity contribution < 1.29 is 4.79 Å². The van der Waals surface area contributed by atoms with Crippen LogP contribution in [0.15, 0.2) is 35.3 Å². The molecule has 140 valence electrons. The molecule has 6 heteroatoms. The fourth-order valence-electron chi connectivity index (χ4n) is 2.45. The average Bonchev–Trinajstić information content (AvgIpc) is 2.65.